The highest BCUT2D eigenvalue weighted by atomic mass is 16.6. The molecule has 0 radical (unpaired) electrons. The van der Waals surface area contributed by atoms with E-state index >= 15 is 0 Å². The standard InChI is InChI=1S/C18H26O5/c1-11(2)5-6-13-17(3,23-13)16-15(21-4)12(9-14(19)20)7-8-18(16)10-22-18/h5,9,13,15-16H,6-8,10H2,1-4H3,(H,19,20)/t13-,15-,16-,17?,18+/m1/s1. The Morgan fingerprint density at radius 3 is 2.70 bits per heavy atom. The summed E-state index contributed by atoms with van der Waals surface area (Å²) in [7, 11) is 1.64. The van der Waals surface area contributed by atoms with E-state index in [1.807, 2.05) is 0 Å². The number of aliphatic carboxylic acids is 1. The van der Waals surface area contributed by atoms with Crippen molar-refractivity contribution in [2.24, 2.45) is 5.92 Å². The van der Waals surface area contributed by atoms with Gasteiger partial charge in [0.05, 0.1) is 24.7 Å². The van der Waals surface area contributed by atoms with E-state index in [9.17, 15) is 4.79 Å². The molecule has 23 heavy (non-hydrogen) atoms. The summed E-state index contributed by atoms with van der Waals surface area (Å²) in [6.45, 7) is 6.99. The molecule has 1 unspecified atom stereocenters. The summed E-state index contributed by atoms with van der Waals surface area (Å²) >= 11 is 0. The van der Waals surface area contributed by atoms with Crippen LogP contribution in [0.2, 0.25) is 0 Å². The summed E-state index contributed by atoms with van der Waals surface area (Å²) in [5.74, 6) is -0.883. The third-order valence-electron chi connectivity index (χ3n) is 5.49. The number of carboxylic acids is 1. The van der Waals surface area contributed by atoms with Crippen LogP contribution in [0.4, 0.5) is 0 Å². The fraction of sp³-hybridized carbons (Fsp3) is 0.722. The van der Waals surface area contributed by atoms with Gasteiger partial charge in [-0.3, -0.25) is 0 Å². The average molecular weight is 322 g/mol. The molecule has 2 aliphatic heterocycles. The summed E-state index contributed by atoms with van der Waals surface area (Å²) in [4.78, 5) is 11.1. The van der Waals surface area contributed by atoms with Gasteiger partial charge >= 0.3 is 5.97 Å². The molecule has 1 saturated carbocycles. The molecule has 3 aliphatic rings. The quantitative estimate of drug-likeness (QED) is 0.479. The molecule has 0 aromatic rings. The molecule has 5 nitrogen and oxygen atoms in total. The van der Waals surface area contributed by atoms with Crippen LogP contribution in [0.15, 0.2) is 23.3 Å². The molecule has 5 atom stereocenters. The topological polar surface area (TPSA) is 71.6 Å². The van der Waals surface area contributed by atoms with Gasteiger partial charge in [-0.1, -0.05) is 11.6 Å². The minimum Gasteiger partial charge on any atom is -0.478 e. The average Bonchev–Trinajstić information content (AvgIpc) is 3.37. The van der Waals surface area contributed by atoms with Crippen LogP contribution in [0.3, 0.4) is 0 Å². The number of carbonyl (C=O) groups is 1. The third kappa shape index (κ3) is 2.97. The Bertz CT molecular complexity index is 556. The van der Waals surface area contributed by atoms with Gasteiger partial charge in [0.15, 0.2) is 0 Å². The van der Waals surface area contributed by atoms with Crippen molar-refractivity contribution in [3.8, 4) is 0 Å². The van der Waals surface area contributed by atoms with E-state index in [0.29, 0.717) is 13.0 Å². The monoisotopic (exact) mass is 322 g/mol. The number of hydrogen-bond donors (Lipinski definition) is 1. The SMILES string of the molecule is CO[C@@H]1C(=CC(=O)O)CC[C@]2(CO2)[C@H]1C1(C)O[C@@H]1CC=C(C)C. The number of ether oxygens (including phenoxy) is 3. The van der Waals surface area contributed by atoms with Crippen molar-refractivity contribution in [1.29, 1.82) is 0 Å². The molecule has 128 valence electrons. The molecule has 0 bridgehead atoms. The molecule has 1 spiro atoms. The summed E-state index contributed by atoms with van der Waals surface area (Å²) < 4.78 is 17.6. The van der Waals surface area contributed by atoms with Gasteiger partial charge in [-0.25, -0.2) is 4.79 Å². The Labute approximate surface area is 137 Å². The van der Waals surface area contributed by atoms with E-state index in [-0.39, 0.29) is 29.3 Å². The molecule has 2 saturated heterocycles. The first-order valence-corrected chi connectivity index (χ1v) is 8.24. The zero-order chi connectivity index (χ0) is 16.8. The molecule has 0 amide bonds. The third-order valence-corrected chi connectivity index (χ3v) is 5.49. The maximum atomic E-state index is 11.1. The van der Waals surface area contributed by atoms with E-state index in [4.69, 9.17) is 19.3 Å². The first kappa shape index (κ1) is 16.7. The summed E-state index contributed by atoms with van der Waals surface area (Å²) in [5, 5.41) is 9.12. The van der Waals surface area contributed by atoms with Gasteiger partial charge in [-0.15, -0.1) is 0 Å². The Balaban J connectivity index is 1.85. The first-order chi connectivity index (χ1) is 10.8. The van der Waals surface area contributed by atoms with Crippen LogP contribution in [-0.2, 0) is 19.0 Å². The highest BCUT2D eigenvalue weighted by molar-refractivity contribution is 5.81. The van der Waals surface area contributed by atoms with Crippen LogP contribution in [-0.4, -0.2) is 48.2 Å². The van der Waals surface area contributed by atoms with Crippen LogP contribution in [0.5, 0.6) is 0 Å². The fourth-order valence-electron chi connectivity index (χ4n) is 4.15. The fourth-order valence-corrected chi connectivity index (χ4v) is 4.15. The minimum absolute atomic E-state index is 0.0370. The number of allylic oxidation sites excluding steroid dienone is 1. The summed E-state index contributed by atoms with van der Waals surface area (Å²) in [6, 6.07) is 0. The minimum atomic E-state index is -0.920. The number of methoxy groups -OCH3 is 1. The Kier molecular flexibility index (Phi) is 4.15. The van der Waals surface area contributed by atoms with Crippen LogP contribution >= 0.6 is 0 Å². The van der Waals surface area contributed by atoms with E-state index < -0.39 is 5.97 Å². The molecular weight excluding hydrogens is 296 g/mol. The molecule has 3 rings (SSSR count). The Hall–Kier alpha value is -1.17. The molecule has 0 aromatic heterocycles. The van der Waals surface area contributed by atoms with Crippen molar-refractivity contribution in [1.82, 2.24) is 0 Å². The van der Waals surface area contributed by atoms with Gasteiger partial charge in [0.2, 0.25) is 0 Å². The Morgan fingerprint density at radius 1 is 1.48 bits per heavy atom. The lowest BCUT2D eigenvalue weighted by Gasteiger charge is -2.40. The van der Waals surface area contributed by atoms with E-state index in [2.05, 4.69) is 26.8 Å². The lowest BCUT2D eigenvalue weighted by Crippen LogP contribution is -2.50. The number of carboxylic acid groups (broad SMARTS) is 1. The largest absolute Gasteiger partial charge is 0.478 e. The summed E-state index contributed by atoms with van der Waals surface area (Å²) in [6.07, 6.45) is 5.79. The van der Waals surface area contributed by atoms with Gasteiger partial charge in [-0.05, 0) is 45.6 Å². The molecule has 1 aliphatic carbocycles. The van der Waals surface area contributed by atoms with Crippen molar-refractivity contribution < 1.29 is 24.1 Å². The smallest absolute Gasteiger partial charge is 0.328 e. The lowest BCUT2D eigenvalue weighted by molar-refractivity contribution is -0.131. The second-order valence-corrected chi connectivity index (χ2v) is 7.35. The molecule has 1 N–H and O–H groups in total. The molecule has 3 fully saturated rings. The predicted octanol–water partition coefficient (Wildman–Crippen LogP) is 2.71. The van der Waals surface area contributed by atoms with Crippen LogP contribution in [0.1, 0.15) is 40.0 Å². The predicted molar refractivity (Wildman–Crippen MR) is 85.2 cm³/mol. The van der Waals surface area contributed by atoms with Gasteiger partial charge in [0.25, 0.3) is 0 Å². The normalized spacial score (nSPS) is 43.5. The number of rotatable bonds is 5. The second-order valence-electron chi connectivity index (χ2n) is 7.35. The van der Waals surface area contributed by atoms with Crippen molar-refractivity contribution in [3.63, 3.8) is 0 Å². The van der Waals surface area contributed by atoms with Gasteiger partial charge in [-0.2, -0.15) is 0 Å². The maximum Gasteiger partial charge on any atom is 0.328 e. The number of hydrogen-bond acceptors (Lipinski definition) is 4. The van der Waals surface area contributed by atoms with E-state index in [0.717, 1.165) is 18.4 Å². The van der Waals surface area contributed by atoms with Gasteiger partial charge in [0, 0.05) is 13.2 Å². The maximum absolute atomic E-state index is 11.1. The molecular formula is C18H26O5. The molecule has 2 heterocycles. The van der Waals surface area contributed by atoms with Gasteiger partial charge in [0.1, 0.15) is 11.2 Å². The highest BCUT2D eigenvalue weighted by Gasteiger charge is 2.71. The molecule has 5 heteroatoms. The second kappa shape index (κ2) is 5.72. The zero-order valence-electron chi connectivity index (χ0n) is 14.3. The summed E-state index contributed by atoms with van der Waals surface area (Å²) in [5.41, 5.74) is 1.59. The van der Waals surface area contributed by atoms with Crippen molar-refractivity contribution in [2.75, 3.05) is 13.7 Å². The zero-order valence-corrected chi connectivity index (χ0v) is 14.3. The van der Waals surface area contributed by atoms with Crippen LogP contribution < -0.4 is 0 Å². The van der Waals surface area contributed by atoms with E-state index in [1.54, 1.807) is 7.11 Å². The van der Waals surface area contributed by atoms with E-state index in [1.165, 1.54) is 11.6 Å². The Morgan fingerprint density at radius 2 is 2.17 bits per heavy atom. The van der Waals surface area contributed by atoms with Crippen molar-refractivity contribution >= 4 is 5.97 Å². The molecule has 0 aromatic carbocycles. The van der Waals surface area contributed by atoms with Crippen molar-refractivity contribution in [3.05, 3.63) is 23.3 Å². The van der Waals surface area contributed by atoms with Gasteiger partial charge < -0.3 is 19.3 Å². The van der Waals surface area contributed by atoms with Crippen molar-refractivity contribution in [2.45, 2.75) is 63.4 Å². The lowest BCUT2D eigenvalue weighted by atomic mass is 9.67. The van der Waals surface area contributed by atoms with Crippen LogP contribution in [0, 0.1) is 5.92 Å². The highest BCUT2D eigenvalue weighted by Crippen LogP contribution is 2.60. The number of epoxide rings is 2. The van der Waals surface area contributed by atoms with Crippen LogP contribution in [0.25, 0.3) is 0 Å². The first-order valence-electron chi connectivity index (χ1n) is 8.24.